The summed E-state index contributed by atoms with van der Waals surface area (Å²) in [7, 11) is 0. The molecule has 2 aromatic rings. The van der Waals surface area contributed by atoms with Crippen LogP contribution in [0.3, 0.4) is 0 Å². The van der Waals surface area contributed by atoms with Crippen LogP contribution in [0.2, 0.25) is 0 Å². The van der Waals surface area contributed by atoms with Crippen molar-refractivity contribution in [2.75, 3.05) is 6.61 Å². The van der Waals surface area contributed by atoms with Gasteiger partial charge in [-0.3, -0.25) is 0 Å². The van der Waals surface area contributed by atoms with Crippen LogP contribution >= 0.6 is 0 Å². The molecule has 0 saturated heterocycles. The van der Waals surface area contributed by atoms with E-state index in [9.17, 15) is 17.6 Å². The average Bonchev–Trinajstić information content (AvgIpc) is 2.88. The van der Waals surface area contributed by atoms with Gasteiger partial charge in [0.05, 0.1) is 5.56 Å². The minimum absolute atomic E-state index is 0.0246. The fourth-order valence-electron chi connectivity index (χ4n) is 5.98. The first kappa shape index (κ1) is 27.0. The van der Waals surface area contributed by atoms with Crippen molar-refractivity contribution in [3.63, 3.8) is 0 Å². The van der Waals surface area contributed by atoms with E-state index in [0.717, 1.165) is 43.7 Å². The molecule has 2 aliphatic carbocycles. The first-order valence-corrected chi connectivity index (χ1v) is 13.2. The molecule has 2 aromatic carbocycles. The number of hydrogen-bond acceptors (Lipinski definition) is 1. The van der Waals surface area contributed by atoms with Crippen molar-refractivity contribution in [2.24, 2.45) is 17.8 Å². The van der Waals surface area contributed by atoms with Gasteiger partial charge < -0.3 is 4.74 Å². The van der Waals surface area contributed by atoms with Gasteiger partial charge in [0.1, 0.15) is 18.2 Å². The second-order valence-electron chi connectivity index (χ2n) is 10.3. The molecular weight excluding hydrogens is 476 g/mol. The number of rotatable bonds is 7. The second kappa shape index (κ2) is 12.5. The van der Waals surface area contributed by atoms with E-state index < -0.39 is 34.6 Å². The molecule has 2 fully saturated rings. The van der Waals surface area contributed by atoms with Gasteiger partial charge in [0.2, 0.25) is 0 Å². The second-order valence-corrected chi connectivity index (χ2v) is 10.3. The monoisotopic (exact) mass is 510 g/mol. The fourth-order valence-corrected chi connectivity index (χ4v) is 5.98. The van der Waals surface area contributed by atoms with Crippen LogP contribution in [-0.4, -0.2) is 6.61 Å². The zero-order chi connectivity index (χ0) is 26.4. The first-order chi connectivity index (χ1) is 17.9. The van der Waals surface area contributed by atoms with E-state index in [1.54, 1.807) is 19.1 Å². The highest BCUT2D eigenvalue weighted by Crippen LogP contribution is 2.48. The Labute approximate surface area is 217 Å². The number of halogens is 4. The molecule has 2 saturated carbocycles. The van der Waals surface area contributed by atoms with Gasteiger partial charge in [0, 0.05) is 5.56 Å². The van der Waals surface area contributed by atoms with Crippen molar-refractivity contribution in [3.8, 4) is 17.6 Å². The van der Waals surface area contributed by atoms with Gasteiger partial charge in [0.15, 0.2) is 17.4 Å². The molecule has 0 amide bonds. The molecule has 1 nitrogen and oxygen atoms in total. The zero-order valence-electron chi connectivity index (χ0n) is 21.3. The van der Waals surface area contributed by atoms with Crippen molar-refractivity contribution in [2.45, 2.75) is 64.2 Å². The molecule has 0 aromatic heterocycles. The summed E-state index contributed by atoms with van der Waals surface area (Å²) in [4.78, 5) is 0. The Kier molecular flexibility index (Phi) is 9.14. The maximum Gasteiger partial charge on any atom is 0.191 e. The summed E-state index contributed by atoms with van der Waals surface area (Å²) in [6, 6.07) is 4.76. The van der Waals surface area contributed by atoms with E-state index in [1.807, 2.05) is 6.08 Å². The van der Waals surface area contributed by atoms with E-state index in [1.165, 1.54) is 37.8 Å². The number of benzene rings is 2. The van der Waals surface area contributed by atoms with Gasteiger partial charge in [-0.25, -0.2) is 17.6 Å². The Morgan fingerprint density at radius 3 is 2.24 bits per heavy atom. The molecule has 0 aliphatic heterocycles. The van der Waals surface area contributed by atoms with Crippen LogP contribution in [-0.2, 0) is 0 Å². The predicted octanol–water partition coefficient (Wildman–Crippen LogP) is 8.86. The molecule has 0 heterocycles. The third-order valence-electron chi connectivity index (χ3n) is 7.93. The minimum Gasteiger partial charge on any atom is -0.483 e. The number of ether oxygens (including phenoxy) is 1. The molecule has 2 aliphatic rings. The van der Waals surface area contributed by atoms with Crippen LogP contribution in [0.1, 0.15) is 80.9 Å². The summed E-state index contributed by atoms with van der Waals surface area (Å²) in [6.07, 6.45) is 14.2. The van der Waals surface area contributed by atoms with E-state index >= 15 is 0 Å². The molecule has 0 N–H and O–H groups in total. The Morgan fingerprint density at radius 1 is 0.892 bits per heavy atom. The molecule has 0 bridgehead atoms. The van der Waals surface area contributed by atoms with Gasteiger partial charge in [0.25, 0.3) is 0 Å². The lowest BCUT2D eigenvalue weighted by atomic mass is 9.63. The van der Waals surface area contributed by atoms with Crippen LogP contribution in [0.15, 0.2) is 49.1 Å². The van der Waals surface area contributed by atoms with E-state index in [-0.39, 0.29) is 18.1 Å². The Morgan fingerprint density at radius 2 is 1.57 bits per heavy atom. The molecule has 4 unspecified atom stereocenters. The fraction of sp³-hybridized carbons (Fsp3) is 0.438. The Bertz CT molecular complexity index is 1160. The maximum atomic E-state index is 14.9. The molecule has 0 spiro atoms. The maximum absolute atomic E-state index is 14.9. The SMILES string of the molecule is C=CCCC1CCC2CC(c3cc(F)c(C#Cc4cc(F)c(OC/C=C/C)c(F)c4)c(F)c3)CCC2C1. The Balaban J connectivity index is 1.45. The van der Waals surface area contributed by atoms with Crippen molar-refractivity contribution in [1.82, 2.24) is 0 Å². The summed E-state index contributed by atoms with van der Waals surface area (Å²) in [5.41, 5.74) is 0.250. The smallest absolute Gasteiger partial charge is 0.191 e. The number of fused-ring (bicyclic) bond motifs is 1. The molecule has 5 heteroatoms. The van der Waals surface area contributed by atoms with Crippen LogP contribution < -0.4 is 4.74 Å². The number of allylic oxidation sites excluding steroid dienone is 2. The molecule has 37 heavy (non-hydrogen) atoms. The van der Waals surface area contributed by atoms with E-state index in [4.69, 9.17) is 4.74 Å². The lowest BCUT2D eigenvalue weighted by Gasteiger charge is -2.42. The summed E-state index contributed by atoms with van der Waals surface area (Å²) in [5.74, 6) is 3.30. The quantitative estimate of drug-likeness (QED) is 0.205. The van der Waals surface area contributed by atoms with Gasteiger partial charge in [-0.1, -0.05) is 36.5 Å². The van der Waals surface area contributed by atoms with Crippen molar-refractivity contribution in [3.05, 3.63) is 89.0 Å². The molecule has 0 radical (unpaired) electrons. The summed E-state index contributed by atoms with van der Waals surface area (Å²) >= 11 is 0. The average molecular weight is 511 g/mol. The van der Waals surface area contributed by atoms with Crippen molar-refractivity contribution in [1.29, 1.82) is 0 Å². The summed E-state index contributed by atoms with van der Waals surface area (Å²) < 4.78 is 63.5. The van der Waals surface area contributed by atoms with Crippen LogP contribution in [0.5, 0.6) is 5.75 Å². The highest BCUT2D eigenvalue weighted by molar-refractivity contribution is 5.47. The molecule has 4 atom stereocenters. The van der Waals surface area contributed by atoms with Gasteiger partial charge in [-0.15, -0.1) is 6.58 Å². The highest BCUT2D eigenvalue weighted by Gasteiger charge is 2.36. The number of hydrogen-bond donors (Lipinski definition) is 0. The molecule has 4 rings (SSSR count). The van der Waals surface area contributed by atoms with Crippen LogP contribution in [0, 0.1) is 52.9 Å². The Hall–Kier alpha value is -3.00. The van der Waals surface area contributed by atoms with Crippen LogP contribution in [0.25, 0.3) is 0 Å². The third-order valence-corrected chi connectivity index (χ3v) is 7.93. The largest absolute Gasteiger partial charge is 0.483 e. The van der Waals surface area contributed by atoms with E-state index in [2.05, 4.69) is 18.4 Å². The van der Waals surface area contributed by atoms with Gasteiger partial charge in [-0.05, 0) is 105 Å². The summed E-state index contributed by atoms with van der Waals surface area (Å²) in [5, 5.41) is 0. The normalized spacial score (nSPS) is 23.3. The van der Waals surface area contributed by atoms with Crippen molar-refractivity contribution < 1.29 is 22.3 Å². The standard InChI is InChI=1S/C32H34F4O/c1-3-5-7-21-8-10-24-18-25(12-11-23(24)15-21)26-19-28(33)27(29(34)20-26)13-9-22-16-30(35)32(31(36)17-22)37-14-6-4-2/h3-4,6,16-17,19-21,23-25H,1,5,7-8,10-12,14-15,18H2,2H3/b6-4+. The lowest BCUT2D eigenvalue weighted by Crippen LogP contribution is -2.30. The predicted molar refractivity (Wildman–Crippen MR) is 139 cm³/mol. The van der Waals surface area contributed by atoms with Crippen LogP contribution in [0.4, 0.5) is 17.6 Å². The van der Waals surface area contributed by atoms with Crippen molar-refractivity contribution >= 4 is 0 Å². The third kappa shape index (κ3) is 6.66. The zero-order valence-corrected chi connectivity index (χ0v) is 21.3. The first-order valence-electron chi connectivity index (χ1n) is 13.2. The van der Waals surface area contributed by atoms with Gasteiger partial charge in [-0.2, -0.15) is 0 Å². The molecule has 196 valence electrons. The minimum atomic E-state index is -0.921. The topological polar surface area (TPSA) is 9.23 Å². The lowest BCUT2D eigenvalue weighted by molar-refractivity contribution is 0.115. The van der Waals surface area contributed by atoms with Gasteiger partial charge >= 0.3 is 0 Å². The molecular formula is C32H34F4O. The van der Waals surface area contributed by atoms with E-state index in [0.29, 0.717) is 17.4 Å². The highest BCUT2D eigenvalue weighted by atomic mass is 19.1. The summed E-state index contributed by atoms with van der Waals surface area (Å²) in [6.45, 7) is 5.62.